The van der Waals surface area contributed by atoms with Gasteiger partial charge in [-0.05, 0) is 88.5 Å². The van der Waals surface area contributed by atoms with Crippen LogP contribution in [0.15, 0.2) is 4.99 Å². The first-order valence-electron chi connectivity index (χ1n) is 9.55. The molecule has 0 aromatic rings. The highest BCUT2D eigenvalue weighted by molar-refractivity contribution is 5.99. The molecule has 0 atom stereocenters. The van der Waals surface area contributed by atoms with Gasteiger partial charge in [-0.2, -0.15) is 0 Å². The Labute approximate surface area is 163 Å². The van der Waals surface area contributed by atoms with Gasteiger partial charge in [-0.25, -0.2) is 9.59 Å². The maximum absolute atomic E-state index is 12.4. The van der Waals surface area contributed by atoms with E-state index < -0.39 is 23.4 Å². The summed E-state index contributed by atoms with van der Waals surface area (Å²) >= 11 is 0. The van der Waals surface area contributed by atoms with Crippen molar-refractivity contribution in [3.05, 3.63) is 0 Å². The number of nitrogens with one attached hydrogen (secondary N) is 1. The van der Waals surface area contributed by atoms with Gasteiger partial charge in [-0.3, -0.25) is 5.32 Å². The Bertz CT molecular complexity index is 579. The number of hydrogen-bond donors (Lipinski definition) is 1. The molecule has 1 N–H and O–H groups in total. The zero-order chi connectivity index (χ0) is 21.3. The van der Waals surface area contributed by atoms with Gasteiger partial charge < -0.3 is 14.4 Å². The Morgan fingerprint density at radius 3 is 1.74 bits per heavy atom. The molecule has 1 saturated heterocycles. The molecule has 1 aliphatic rings. The predicted octanol–water partition coefficient (Wildman–Crippen LogP) is 4.85. The highest BCUT2D eigenvalue weighted by Crippen LogP contribution is 2.38. The van der Waals surface area contributed by atoms with E-state index in [4.69, 9.17) is 9.47 Å². The van der Waals surface area contributed by atoms with Crippen molar-refractivity contribution in [2.24, 2.45) is 4.99 Å². The van der Waals surface area contributed by atoms with E-state index in [1.54, 1.807) is 41.5 Å². The van der Waals surface area contributed by atoms with Crippen molar-refractivity contribution in [1.29, 1.82) is 0 Å². The summed E-state index contributed by atoms with van der Waals surface area (Å²) in [4.78, 5) is 30.9. The largest absolute Gasteiger partial charge is 0.444 e. The number of ether oxygens (including phenoxy) is 2. The van der Waals surface area contributed by atoms with Gasteiger partial charge >= 0.3 is 12.2 Å². The molecule has 0 aromatic carbocycles. The number of carbonyl (C=O) groups is 2. The van der Waals surface area contributed by atoms with Gasteiger partial charge in [0.25, 0.3) is 0 Å². The van der Waals surface area contributed by atoms with Crippen LogP contribution >= 0.6 is 0 Å². The van der Waals surface area contributed by atoms with Crippen LogP contribution in [-0.4, -0.2) is 45.3 Å². The first-order chi connectivity index (χ1) is 11.9. The van der Waals surface area contributed by atoms with E-state index in [1.807, 2.05) is 4.90 Å². The predicted molar refractivity (Wildman–Crippen MR) is 107 cm³/mol. The molecule has 156 valence electrons. The van der Waals surface area contributed by atoms with E-state index >= 15 is 0 Å². The van der Waals surface area contributed by atoms with Crippen LogP contribution < -0.4 is 5.32 Å². The molecule has 0 radical (unpaired) electrons. The smallest absolute Gasteiger partial charge is 0.437 e. The van der Waals surface area contributed by atoms with E-state index in [-0.39, 0.29) is 17.0 Å². The lowest BCUT2D eigenvalue weighted by molar-refractivity contribution is 0.0310. The molecule has 1 aliphatic heterocycles. The van der Waals surface area contributed by atoms with Crippen LogP contribution in [0.4, 0.5) is 9.59 Å². The van der Waals surface area contributed by atoms with Gasteiger partial charge in [0.15, 0.2) is 0 Å². The highest BCUT2D eigenvalue weighted by Gasteiger charge is 2.44. The van der Waals surface area contributed by atoms with E-state index in [0.29, 0.717) is 0 Å². The zero-order valence-corrected chi connectivity index (χ0v) is 18.6. The van der Waals surface area contributed by atoms with Crippen molar-refractivity contribution in [3.63, 3.8) is 0 Å². The first kappa shape index (κ1) is 23.2. The number of rotatable bonds is 0. The van der Waals surface area contributed by atoms with E-state index in [0.717, 1.165) is 19.3 Å². The van der Waals surface area contributed by atoms with Crippen LogP contribution in [0.25, 0.3) is 0 Å². The number of alkyl carbamates (subject to hydrolysis) is 1. The van der Waals surface area contributed by atoms with Gasteiger partial charge in [0.2, 0.25) is 5.96 Å². The average molecular weight is 384 g/mol. The molecule has 0 unspecified atom stereocenters. The summed E-state index contributed by atoms with van der Waals surface area (Å²) in [7, 11) is 0. The number of likely N-dealkylation sites (tertiary alicyclic amines) is 1. The van der Waals surface area contributed by atoms with E-state index in [9.17, 15) is 9.59 Å². The second-order valence-electron chi connectivity index (χ2n) is 10.4. The van der Waals surface area contributed by atoms with Crippen LogP contribution in [0.5, 0.6) is 0 Å². The number of nitrogens with zero attached hydrogens (tertiary/aromatic N) is 2. The molecular formula is C20H37N3O4. The zero-order valence-electron chi connectivity index (χ0n) is 18.6. The highest BCUT2D eigenvalue weighted by atomic mass is 16.6. The molecule has 0 saturated carbocycles. The molecule has 7 nitrogen and oxygen atoms in total. The number of hydrogen-bond acceptors (Lipinski definition) is 4. The van der Waals surface area contributed by atoms with Crippen molar-refractivity contribution < 1.29 is 19.1 Å². The molecule has 2 amide bonds. The lowest BCUT2D eigenvalue weighted by Gasteiger charge is -2.53. The summed E-state index contributed by atoms with van der Waals surface area (Å²) in [6.07, 6.45) is 1.50. The molecule has 0 aliphatic carbocycles. The van der Waals surface area contributed by atoms with Crippen LogP contribution in [-0.2, 0) is 9.47 Å². The minimum Gasteiger partial charge on any atom is -0.444 e. The molecule has 1 heterocycles. The molecule has 27 heavy (non-hydrogen) atoms. The fourth-order valence-corrected chi connectivity index (χ4v) is 3.47. The standard InChI is InChI=1S/C20H37N3O4/c1-17(2,3)26-15(24)21-14(22-16(25)27-18(4,5)6)23-19(7,8)12-11-13-20(23,9)10/h11-13H2,1-10H3,(H,21,22,24,25). The molecule has 1 rings (SSSR count). The fraction of sp³-hybridized carbons (Fsp3) is 0.850. The summed E-state index contributed by atoms with van der Waals surface area (Å²) in [6.45, 7) is 19.0. The van der Waals surface area contributed by atoms with Crippen molar-refractivity contribution in [2.75, 3.05) is 0 Å². The van der Waals surface area contributed by atoms with Crippen LogP contribution in [0, 0.1) is 0 Å². The van der Waals surface area contributed by atoms with Gasteiger partial charge in [0, 0.05) is 11.1 Å². The van der Waals surface area contributed by atoms with Crippen LogP contribution in [0.1, 0.15) is 88.5 Å². The number of amides is 2. The van der Waals surface area contributed by atoms with Crippen molar-refractivity contribution in [1.82, 2.24) is 10.2 Å². The minimum atomic E-state index is -0.745. The van der Waals surface area contributed by atoms with Gasteiger partial charge in [0.1, 0.15) is 11.2 Å². The third-order valence-electron chi connectivity index (χ3n) is 4.20. The summed E-state index contributed by atoms with van der Waals surface area (Å²) in [5.74, 6) is 0.160. The monoisotopic (exact) mass is 383 g/mol. The molecular weight excluding hydrogens is 346 g/mol. The van der Waals surface area contributed by atoms with E-state index in [1.165, 1.54) is 0 Å². The lowest BCUT2D eigenvalue weighted by Crippen LogP contribution is -2.64. The number of aliphatic imine (C=N–C) groups is 1. The first-order valence-corrected chi connectivity index (χ1v) is 9.55. The summed E-state index contributed by atoms with van der Waals surface area (Å²) < 4.78 is 10.7. The summed E-state index contributed by atoms with van der Waals surface area (Å²) in [5, 5.41) is 2.69. The van der Waals surface area contributed by atoms with Crippen molar-refractivity contribution >= 4 is 18.1 Å². The van der Waals surface area contributed by atoms with E-state index in [2.05, 4.69) is 38.0 Å². The molecule has 1 fully saturated rings. The molecule has 0 aromatic heterocycles. The topological polar surface area (TPSA) is 80.2 Å². The number of guanidine groups is 1. The van der Waals surface area contributed by atoms with Gasteiger partial charge in [-0.15, -0.1) is 4.99 Å². The third-order valence-corrected chi connectivity index (χ3v) is 4.20. The Kier molecular flexibility index (Phi) is 6.61. The van der Waals surface area contributed by atoms with Crippen LogP contribution in [0.2, 0.25) is 0 Å². The van der Waals surface area contributed by atoms with Crippen molar-refractivity contribution in [2.45, 2.75) is 111 Å². The average Bonchev–Trinajstić information content (AvgIpc) is 2.30. The lowest BCUT2D eigenvalue weighted by atomic mass is 9.80. The third kappa shape index (κ3) is 7.39. The maximum Gasteiger partial charge on any atom is 0.437 e. The summed E-state index contributed by atoms with van der Waals surface area (Å²) in [6, 6.07) is 0. The Balaban J connectivity index is 3.27. The Morgan fingerprint density at radius 2 is 1.33 bits per heavy atom. The minimum absolute atomic E-state index is 0.160. The quantitative estimate of drug-likeness (QED) is 0.478. The second kappa shape index (κ2) is 7.68. The maximum atomic E-state index is 12.4. The van der Waals surface area contributed by atoms with Gasteiger partial charge in [0.05, 0.1) is 0 Å². The Hall–Kier alpha value is -1.79. The normalized spacial score (nSPS) is 20.1. The number of piperidine rings is 1. The molecule has 0 spiro atoms. The Morgan fingerprint density at radius 1 is 0.889 bits per heavy atom. The molecule has 0 bridgehead atoms. The molecule has 7 heteroatoms. The number of carbonyl (C=O) groups excluding carboxylic acids is 2. The van der Waals surface area contributed by atoms with Crippen molar-refractivity contribution in [3.8, 4) is 0 Å². The fourth-order valence-electron chi connectivity index (χ4n) is 3.47. The van der Waals surface area contributed by atoms with Crippen LogP contribution in [0.3, 0.4) is 0 Å². The van der Waals surface area contributed by atoms with Gasteiger partial charge in [-0.1, -0.05) is 0 Å². The second-order valence-corrected chi connectivity index (χ2v) is 10.4. The summed E-state index contributed by atoms with van der Waals surface area (Å²) in [5.41, 5.74) is -1.92. The SMILES string of the molecule is CC(C)(C)OC(=O)/N=C(\NC(=O)OC(C)(C)C)N1C(C)(C)CCCC1(C)C.